The number of hydrogen-bond acceptors (Lipinski definition) is 6. The molecular formula is C20H20NO5-. The highest BCUT2D eigenvalue weighted by Crippen LogP contribution is 2.57. The molecule has 3 aliphatic rings. The number of likely N-dealkylation sites (N-methyl/N-ethyl adjacent to an activating group) is 1. The lowest BCUT2D eigenvalue weighted by molar-refractivity contribution is -0.270. The number of aliphatic hydroxyl groups is 1. The second-order valence-electron chi connectivity index (χ2n) is 7.21. The van der Waals surface area contributed by atoms with E-state index in [-0.39, 0.29) is 12.5 Å². The van der Waals surface area contributed by atoms with E-state index in [9.17, 15) is 10.2 Å². The predicted octanol–water partition coefficient (Wildman–Crippen LogP) is 1.47. The number of fused-ring (bicyclic) bond motifs is 5. The van der Waals surface area contributed by atoms with Crippen LogP contribution in [-0.2, 0) is 18.4 Å². The van der Waals surface area contributed by atoms with E-state index in [4.69, 9.17) is 14.2 Å². The van der Waals surface area contributed by atoms with Crippen LogP contribution in [0.4, 0.5) is 0 Å². The van der Waals surface area contributed by atoms with Crippen LogP contribution in [0.2, 0.25) is 0 Å². The van der Waals surface area contributed by atoms with E-state index in [1.165, 1.54) is 7.11 Å². The van der Waals surface area contributed by atoms with E-state index in [0.717, 1.165) is 35.2 Å². The minimum Gasteiger partial charge on any atom is -0.870 e. The van der Waals surface area contributed by atoms with Gasteiger partial charge in [-0.1, -0.05) is 17.9 Å². The van der Waals surface area contributed by atoms with Crippen LogP contribution in [0.25, 0.3) is 0 Å². The maximum Gasteiger partial charge on any atom is 0.231 e. The number of ether oxygens (including phenoxy) is 3. The number of methoxy groups -OCH3 is 1. The minimum absolute atomic E-state index is 0.158. The average Bonchev–Trinajstić information content (AvgIpc) is 3.22. The minimum atomic E-state index is -0.800. The summed E-state index contributed by atoms with van der Waals surface area (Å²) in [5.74, 6) is 1.49. The SMILES string of the molecule is COc1cc2c(cc1[O-])C1(Cc3ccc4c(c3[C@@H]1O)OCO4)N(C)CC2. The number of hydrogen-bond donors (Lipinski definition) is 1. The maximum atomic E-state index is 12.5. The van der Waals surface area contributed by atoms with Gasteiger partial charge in [0.1, 0.15) is 11.9 Å². The summed E-state index contributed by atoms with van der Waals surface area (Å²) in [6.45, 7) is 0.957. The van der Waals surface area contributed by atoms with Crippen LogP contribution >= 0.6 is 0 Å². The van der Waals surface area contributed by atoms with Gasteiger partial charge in [0.25, 0.3) is 0 Å². The molecule has 0 fully saturated rings. The number of rotatable bonds is 1. The molecule has 26 heavy (non-hydrogen) atoms. The van der Waals surface area contributed by atoms with E-state index >= 15 is 0 Å². The third-order valence-electron chi connectivity index (χ3n) is 6.11. The van der Waals surface area contributed by atoms with Crippen LogP contribution < -0.4 is 19.3 Å². The summed E-state index contributed by atoms with van der Waals surface area (Å²) in [6.07, 6.45) is 0.631. The molecule has 5 rings (SSSR count). The van der Waals surface area contributed by atoms with Gasteiger partial charge in [-0.3, -0.25) is 4.90 Å². The zero-order valence-electron chi connectivity index (χ0n) is 14.7. The summed E-state index contributed by atoms with van der Waals surface area (Å²) in [5, 5.41) is 23.9. The summed E-state index contributed by atoms with van der Waals surface area (Å²) in [5.41, 5.74) is 3.07. The number of aliphatic hydroxyl groups excluding tert-OH is 1. The van der Waals surface area contributed by atoms with E-state index in [0.29, 0.717) is 23.7 Å². The standard InChI is InChI=1S/C20H21NO5/c1-21-6-5-11-7-16(24-2)14(22)8-13(11)20(21)9-12-3-4-15-18(26-10-25-15)17(12)19(20)23/h3-4,7-8,19,22-23H,5-6,9-10H2,1-2H3/p-1/t19-,20?/m0/s1. The maximum absolute atomic E-state index is 12.5. The topological polar surface area (TPSA) is 74.2 Å². The van der Waals surface area contributed by atoms with Crippen molar-refractivity contribution in [2.75, 3.05) is 27.5 Å². The molecule has 0 saturated carbocycles. The Kier molecular flexibility index (Phi) is 3.21. The molecule has 136 valence electrons. The first-order valence-corrected chi connectivity index (χ1v) is 8.75. The average molecular weight is 354 g/mol. The van der Waals surface area contributed by atoms with Crippen LogP contribution in [-0.4, -0.2) is 37.5 Å². The van der Waals surface area contributed by atoms with E-state index in [1.54, 1.807) is 6.07 Å². The number of nitrogens with zero attached hydrogens (tertiary/aromatic N) is 1. The molecule has 2 aromatic rings. The van der Waals surface area contributed by atoms with Crippen LogP contribution in [0, 0.1) is 0 Å². The normalized spacial score (nSPS) is 26.0. The van der Waals surface area contributed by atoms with Gasteiger partial charge in [-0.2, -0.15) is 0 Å². The van der Waals surface area contributed by atoms with Crippen LogP contribution in [0.3, 0.4) is 0 Å². The summed E-state index contributed by atoms with van der Waals surface area (Å²) in [4.78, 5) is 2.16. The second kappa shape index (κ2) is 5.28. The summed E-state index contributed by atoms with van der Waals surface area (Å²) < 4.78 is 16.3. The lowest BCUT2D eigenvalue weighted by Crippen LogP contribution is -2.51. The molecule has 2 heterocycles. The van der Waals surface area contributed by atoms with Gasteiger partial charge in [0.15, 0.2) is 11.5 Å². The molecule has 6 nitrogen and oxygen atoms in total. The summed E-state index contributed by atoms with van der Waals surface area (Å²) in [7, 11) is 3.51. The van der Waals surface area contributed by atoms with Crippen molar-refractivity contribution in [2.45, 2.75) is 24.5 Å². The molecule has 6 heteroatoms. The zero-order valence-corrected chi connectivity index (χ0v) is 14.7. The molecule has 0 bridgehead atoms. The van der Waals surface area contributed by atoms with Gasteiger partial charge in [-0.05, 0) is 48.7 Å². The van der Waals surface area contributed by atoms with Gasteiger partial charge in [-0.15, -0.1) is 0 Å². The van der Waals surface area contributed by atoms with Crippen molar-refractivity contribution in [1.82, 2.24) is 4.90 Å². The largest absolute Gasteiger partial charge is 0.870 e. The molecule has 1 aliphatic carbocycles. The summed E-state index contributed by atoms with van der Waals surface area (Å²) in [6, 6.07) is 7.34. The van der Waals surface area contributed by atoms with Crippen molar-refractivity contribution in [1.29, 1.82) is 0 Å². The van der Waals surface area contributed by atoms with E-state index < -0.39 is 11.6 Å². The molecule has 2 aromatic carbocycles. The second-order valence-corrected chi connectivity index (χ2v) is 7.21. The van der Waals surface area contributed by atoms with Gasteiger partial charge < -0.3 is 24.4 Å². The highest BCUT2D eigenvalue weighted by atomic mass is 16.7. The Balaban J connectivity index is 1.72. The molecular weight excluding hydrogens is 334 g/mol. The Morgan fingerprint density at radius 3 is 2.92 bits per heavy atom. The van der Waals surface area contributed by atoms with Crippen molar-refractivity contribution in [2.24, 2.45) is 0 Å². The Hall–Kier alpha value is -2.44. The highest BCUT2D eigenvalue weighted by molar-refractivity contribution is 5.60. The molecule has 1 spiro atoms. The van der Waals surface area contributed by atoms with E-state index in [2.05, 4.69) is 4.90 Å². The predicted molar refractivity (Wildman–Crippen MR) is 91.7 cm³/mol. The van der Waals surface area contributed by atoms with Crippen LogP contribution in [0.15, 0.2) is 24.3 Å². The lowest BCUT2D eigenvalue weighted by Gasteiger charge is -2.47. The van der Waals surface area contributed by atoms with Crippen molar-refractivity contribution < 1.29 is 24.4 Å². The molecule has 2 aliphatic heterocycles. The van der Waals surface area contributed by atoms with Gasteiger partial charge >= 0.3 is 0 Å². The van der Waals surface area contributed by atoms with Crippen molar-refractivity contribution in [3.8, 4) is 23.0 Å². The molecule has 1 unspecified atom stereocenters. The third kappa shape index (κ3) is 1.83. The molecule has 0 aromatic heterocycles. The zero-order chi connectivity index (χ0) is 18.1. The molecule has 0 amide bonds. The fourth-order valence-corrected chi connectivity index (χ4v) is 4.77. The van der Waals surface area contributed by atoms with Gasteiger partial charge in [0.2, 0.25) is 6.79 Å². The third-order valence-corrected chi connectivity index (χ3v) is 6.11. The lowest BCUT2D eigenvalue weighted by atomic mass is 9.77. The van der Waals surface area contributed by atoms with Crippen molar-refractivity contribution >= 4 is 0 Å². The van der Waals surface area contributed by atoms with Crippen LogP contribution in [0.1, 0.15) is 28.4 Å². The molecule has 1 N–H and O–H groups in total. The smallest absolute Gasteiger partial charge is 0.231 e. The first kappa shape index (κ1) is 15.8. The molecule has 0 radical (unpaired) electrons. The summed E-state index contributed by atoms with van der Waals surface area (Å²) >= 11 is 0. The Labute approximate surface area is 151 Å². The Morgan fingerprint density at radius 1 is 1.27 bits per heavy atom. The monoisotopic (exact) mass is 354 g/mol. The van der Waals surface area contributed by atoms with Crippen LogP contribution in [0.5, 0.6) is 23.0 Å². The van der Waals surface area contributed by atoms with Crippen molar-refractivity contribution in [3.05, 3.63) is 46.5 Å². The quantitative estimate of drug-likeness (QED) is 0.836. The fourth-order valence-electron chi connectivity index (χ4n) is 4.77. The van der Waals surface area contributed by atoms with E-state index in [1.807, 2.05) is 25.2 Å². The Morgan fingerprint density at radius 2 is 2.12 bits per heavy atom. The van der Waals surface area contributed by atoms with Crippen molar-refractivity contribution in [3.63, 3.8) is 0 Å². The first-order chi connectivity index (χ1) is 12.6. The molecule has 0 saturated heterocycles. The van der Waals surface area contributed by atoms with Gasteiger partial charge in [0.05, 0.1) is 12.6 Å². The Bertz CT molecular complexity index is 912. The number of benzene rings is 2. The highest BCUT2D eigenvalue weighted by Gasteiger charge is 2.54. The van der Waals surface area contributed by atoms with Gasteiger partial charge in [0, 0.05) is 12.1 Å². The molecule has 2 atom stereocenters. The van der Waals surface area contributed by atoms with Gasteiger partial charge in [-0.25, -0.2) is 0 Å². The fraction of sp³-hybridized carbons (Fsp3) is 0.400. The first-order valence-electron chi connectivity index (χ1n) is 8.75.